The predicted octanol–water partition coefficient (Wildman–Crippen LogP) is 20.0. The molecule has 0 heterocycles. The largest absolute Gasteiger partial charge is 0.462 e. The molecule has 0 rings (SSSR count). The molecule has 0 aromatic rings. The minimum absolute atomic E-state index is 0.0931. The molecule has 0 fully saturated rings. The summed E-state index contributed by atoms with van der Waals surface area (Å²) in [5, 5.41) is 0. The smallest absolute Gasteiger partial charge is 0.306 e. The highest BCUT2D eigenvalue weighted by Crippen LogP contribution is 2.15. The van der Waals surface area contributed by atoms with E-state index < -0.39 is 6.10 Å². The van der Waals surface area contributed by atoms with Gasteiger partial charge in [0.25, 0.3) is 0 Å². The normalized spacial score (nSPS) is 13.0. The summed E-state index contributed by atoms with van der Waals surface area (Å²) in [5.41, 5.74) is 0. The van der Waals surface area contributed by atoms with E-state index in [1.54, 1.807) is 0 Å². The van der Waals surface area contributed by atoms with Gasteiger partial charge in [0.05, 0.1) is 0 Å². The maximum atomic E-state index is 12.8. The zero-order chi connectivity index (χ0) is 52.2. The fraction of sp³-hybridized carbons (Fsp3) is 0.652. The van der Waals surface area contributed by atoms with Gasteiger partial charge in [-0.1, -0.05) is 251 Å². The van der Waals surface area contributed by atoms with Crippen LogP contribution >= 0.6 is 0 Å². The summed E-state index contributed by atoms with van der Waals surface area (Å²) in [6, 6.07) is 0. The van der Waals surface area contributed by atoms with Crippen molar-refractivity contribution in [1.29, 1.82) is 0 Å². The SMILES string of the molecule is CC/C=C\C/C=C\C/C=C\C/C=C\C/C=C\CCCCCCCCCCCCCCCC(=O)OCC(COC(=O)CCCCCCCC)OC(=O)CCCCC/C=C\C/C=C\C/C=C\C/C=C\C/C=C\CC. The van der Waals surface area contributed by atoms with Gasteiger partial charge in [0.1, 0.15) is 13.2 Å². The van der Waals surface area contributed by atoms with Crippen molar-refractivity contribution >= 4 is 17.9 Å². The van der Waals surface area contributed by atoms with E-state index in [1.807, 2.05) is 0 Å². The molecule has 0 spiro atoms. The topological polar surface area (TPSA) is 78.9 Å². The molecule has 0 radical (unpaired) electrons. The van der Waals surface area contributed by atoms with E-state index in [9.17, 15) is 14.4 Å². The first-order valence-electron chi connectivity index (χ1n) is 29.5. The van der Waals surface area contributed by atoms with Crippen LogP contribution in [0.25, 0.3) is 0 Å². The van der Waals surface area contributed by atoms with Crippen molar-refractivity contribution in [2.24, 2.45) is 0 Å². The lowest BCUT2D eigenvalue weighted by Gasteiger charge is -2.18. The number of hydrogen-bond acceptors (Lipinski definition) is 6. The van der Waals surface area contributed by atoms with Crippen molar-refractivity contribution in [3.63, 3.8) is 0 Å². The Bertz CT molecular complexity index is 1520. The van der Waals surface area contributed by atoms with Crippen LogP contribution in [0.2, 0.25) is 0 Å². The Morgan fingerprint density at radius 1 is 0.292 bits per heavy atom. The molecule has 1 unspecified atom stereocenters. The molecule has 6 heteroatoms. The molecule has 6 nitrogen and oxygen atoms in total. The van der Waals surface area contributed by atoms with Gasteiger partial charge >= 0.3 is 17.9 Å². The zero-order valence-corrected chi connectivity index (χ0v) is 46.7. The van der Waals surface area contributed by atoms with Crippen LogP contribution in [0.5, 0.6) is 0 Å². The number of ether oxygens (including phenoxy) is 3. The molecule has 0 saturated carbocycles. The van der Waals surface area contributed by atoms with Gasteiger partial charge in [-0.05, 0) is 109 Å². The van der Waals surface area contributed by atoms with Gasteiger partial charge in [-0.3, -0.25) is 14.4 Å². The summed E-state index contributed by atoms with van der Waals surface area (Å²) in [6.45, 7) is 6.32. The summed E-state index contributed by atoms with van der Waals surface area (Å²) in [4.78, 5) is 37.9. The van der Waals surface area contributed by atoms with E-state index in [0.29, 0.717) is 12.8 Å². The van der Waals surface area contributed by atoms with Gasteiger partial charge in [0.2, 0.25) is 0 Å². The number of carbonyl (C=O) groups is 3. The van der Waals surface area contributed by atoms with Gasteiger partial charge in [0.15, 0.2) is 6.10 Å². The summed E-state index contributed by atoms with van der Waals surface area (Å²) in [6.07, 6.45) is 82.3. The quantitative estimate of drug-likeness (QED) is 0.0261. The zero-order valence-electron chi connectivity index (χ0n) is 46.7. The van der Waals surface area contributed by atoms with E-state index >= 15 is 0 Å². The molecular weight excluding hydrogens is 889 g/mol. The Balaban J connectivity index is 4.15. The standard InChI is InChI=1S/C66H108O6/c1-4-7-10-13-16-18-20-22-24-26-28-29-30-31-32-33-34-35-36-37-39-40-42-44-46-48-50-53-56-59-65(68)71-62-63(61-70-64(67)58-55-52-15-12-9-6-3)72-66(69)60-57-54-51-49-47-45-43-41-38-27-25-23-21-19-17-14-11-8-5-2/h7-8,10-11,16-19,22-25,28-29,31-32,38,41,45,47,63H,4-6,9,12-15,20-21,26-27,30,33-37,39-40,42-44,46,48-62H2,1-3H3/b10-7-,11-8-,18-16-,19-17-,24-22-,25-23-,29-28-,32-31-,41-38-,47-45-. The number of carbonyl (C=O) groups excluding carboxylic acids is 3. The van der Waals surface area contributed by atoms with Crippen molar-refractivity contribution < 1.29 is 28.6 Å². The number of rotatable bonds is 52. The average molecular weight is 998 g/mol. The minimum Gasteiger partial charge on any atom is -0.462 e. The highest BCUT2D eigenvalue weighted by Gasteiger charge is 2.19. The van der Waals surface area contributed by atoms with E-state index in [2.05, 4.69) is 142 Å². The first-order valence-corrected chi connectivity index (χ1v) is 29.5. The molecule has 0 bridgehead atoms. The maximum Gasteiger partial charge on any atom is 0.306 e. The molecule has 0 aliphatic heterocycles. The van der Waals surface area contributed by atoms with E-state index in [0.717, 1.165) is 128 Å². The maximum absolute atomic E-state index is 12.8. The van der Waals surface area contributed by atoms with Gasteiger partial charge in [-0.25, -0.2) is 0 Å². The van der Waals surface area contributed by atoms with Gasteiger partial charge in [-0.15, -0.1) is 0 Å². The van der Waals surface area contributed by atoms with Gasteiger partial charge in [0, 0.05) is 19.3 Å². The highest BCUT2D eigenvalue weighted by atomic mass is 16.6. The molecule has 0 saturated heterocycles. The van der Waals surface area contributed by atoms with Gasteiger partial charge in [-0.2, -0.15) is 0 Å². The van der Waals surface area contributed by atoms with Crippen LogP contribution in [-0.2, 0) is 28.6 Å². The first kappa shape index (κ1) is 67.8. The van der Waals surface area contributed by atoms with E-state index in [4.69, 9.17) is 14.2 Å². The molecule has 0 N–H and O–H groups in total. The van der Waals surface area contributed by atoms with Crippen LogP contribution in [0.3, 0.4) is 0 Å². The highest BCUT2D eigenvalue weighted by molar-refractivity contribution is 5.71. The second-order valence-corrected chi connectivity index (χ2v) is 19.1. The Labute approximate surface area is 443 Å². The Morgan fingerprint density at radius 3 is 0.861 bits per heavy atom. The lowest BCUT2D eigenvalue weighted by atomic mass is 10.0. The van der Waals surface area contributed by atoms with Gasteiger partial charge < -0.3 is 14.2 Å². The predicted molar refractivity (Wildman–Crippen MR) is 311 cm³/mol. The van der Waals surface area contributed by atoms with Crippen molar-refractivity contribution in [3.05, 3.63) is 122 Å². The minimum atomic E-state index is -0.795. The third-order valence-corrected chi connectivity index (χ3v) is 12.2. The Hall–Kier alpha value is -4.19. The van der Waals surface area contributed by atoms with Crippen LogP contribution in [0, 0.1) is 0 Å². The first-order chi connectivity index (χ1) is 35.5. The number of hydrogen-bond donors (Lipinski definition) is 0. The molecule has 72 heavy (non-hydrogen) atoms. The molecule has 0 aromatic carbocycles. The third-order valence-electron chi connectivity index (χ3n) is 12.2. The van der Waals surface area contributed by atoms with Crippen molar-refractivity contribution in [2.75, 3.05) is 13.2 Å². The van der Waals surface area contributed by atoms with Crippen molar-refractivity contribution in [3.8, 4) is 0 Å². The summed E-state index contributed by atoms with van der Waals surface area (Å²) in [7, 11) is 0. The van der Waals surface area contributed by atoms with Crippen molar-refractivity contribution in [2.45, 2.75) is 264 Å². The second kappa shape index (κ2) is 59.4. The van der Waals surface area contributed by atoms with Crippen LogP contribution in [0.4, 0.5) is 0 Å². The average Bonchev–Trinajstić information content (AvgIpc) is 3.38. The lowest BCUT2D eigenvalue weighted by Crippen LogP contribution is -2.30. The molecule has 1 atom stereocenters. The molecular formula is C66H108O6. The number of unbranched alkanes of at least 4 members (excludes halogenated alkanes) is 21. The second-order valence-electron chi connectivity index (χ2n) is 19.1. The fourth-order valence-corrected chi connectivity index (χ4v) is 7.85. The van der Waals surface area contributed by atoms with Crippen LogP contribution in [0.15, 0.2) is 122 Å². The summed E-state index contributed by atoms with van der Waals surface area (Å²) >= 11 is 0. The monoisotopic (exact) mass is 997 g/mol. The number of allylic oxidation sites excluding steroid dienone is 20. The number of esters is 3. The fourth-order valence-electron chi connectivity index (χ4n) is 7.85. The lowest BCUT2D eigenvalue weighted by molar-refractivity contribution is -0.167. The molecule has 0 amide bonds. The van der Waals surface area contributed by atoms with E-state index in [1.165, 1.54) is 89.9 Å². The summed E-state index contributed by atoms with van der Waals surface area (Å²) < 4.78 is 16.7. The van der Waals surface area contributed by atoms with Crippen LogP contribution in [-0.4, -0.2) is 37.2 Å². The third kappa shape index (κ3) is 56.7. The molecule has 408 valence electrons. The summed E-state index contributed by atoms with van der Waals surface area (Å²) in [5.74, 6) is -0.937. The van der Waals surface area contributed by atoms with Crippen LogP contribution < -0.4 is 0 Å². The molecule has 0 aromatic heterocycles. The van der Waals surface area contributed by atoms with Crippen molar-refractivity contribution in [1.82, 2.24) is 0 Å². The Kier molecular flexibility index (Phi) is 55.9. The van der Waals surface area contributed by atoms with E-state index in [-0.39, 0.29) is 37.5 Å². The van der Waals surface area contributed by atoms with Crippen LogP contribution in [0.1, 0.15) is 258 Å². The molecule has 0 aliphatic carbocycles. The Morgan fingerprint density at radius 2 is 0.542 bits per heavy atom. The molecule has 0 aliphatic rings.